The standard InChI is InChI=1S/2C18H26O4/c2*1-10-5-4-8-18(3,21)17-15-12(11(2)19)6-7-13(20)16(15)14(9-10)22-17/h2*5,12,14-17,21H,4,6-9H2,1-3H3/b2*10-5-/t2*12-,14-,15-,16-,17-,18+/m10/s1. The van der Waals surface area contributed by atoms with Gasteiger partial charge in [0.2, 0.25) is 0 Å². The maximum atomic E-state index is 12.5. The fourth-order valence-electron chi connectivity index (χ4n) is 9.41. The van der Waals surface area contributed by atoms with Crippen LogP contribution in [0, 0.1) is 35.5 Å². The largest absolute Gasteiger partial charge is 0.387 e. The first kappa shape index (κ1) is 33.4. The summed E-state index contributed by atoms with van der Waals surface area (Å²) >= 11 is 0. The maximum Gasteiger partial charge on any atom is 0.139 e. The van der Waals surface area contributed by atoms with Crippen LogP contribution in [0.3, 0.4) is 0 Å². The molecular weight excluding hydrogens is 560 g/mol. The Kier molecular flexibility index (Phi) is 9.60. The molecule has 0 aromatic heterocycles. The number of carbonyl (C=O) groups excluding carboxylic acids is 4. The zero-order chi connectivity index (χ0) is 32.1. The number of hydrogen-bond donors (Lipinski definition) is 2. The van der Waals surface area contributed by atoms with E-state index in [0.717, 1.165) is 25.7 Å². The highest BCUT2D eigenvalue weighted by Crippen LogP contribution is 2.52. The Morgan fingerprint density at radius 2 is 1.09 bits per heavy atom. The number of Topliss-reactive ketones (excluding diaryl/α,β-unsaturated/α-hetero) is 4. The van der Waals surface area contributed by atoms with Gasteiger partial charge in [0, 0.05) is 36.5 Å². The predicted octanol–water partition coefficient (Wildman–Crippen LogP) is 4.87. The number of aliphatic hydroxyl groups is 2. The molecule has 0 spiro atoms. The van der Waals surface area contributed by atoms with Crippen molar-refractivity contribution in [3.8, 4) is 0 Å². The summed E-state index contributed by atoms with van der Waals surface area (Å²) < 4.78 is 12.4. The highest BCUT2D eigenvalue weighted by Gasteiger charge is 2.60. The Hall–Kier alpha value is -2.00. The van der Waals surface area contributed by atoms with E-state index >= 15 is 0 Å². The van der Waals surface area contributed by atoms with Crippen LogP contribution in [0.4, 0.5) is 0 Å². The lowest BCUT2D eigenvalue weighted by molar-refractivity contribution is -0.138. The fraction of sp³-hybridized carbons (Fsp3) is 0.778. The third kappa shape index (κ3) is 6.33. The maximum absolute atomic E-state index is 12.5. The van der Waals surface area contributed by atoms with E-state index in [2.05, 4.69) is 26.0 Å². The molecule has 0 unspecified atom stereocenters. The quantitative estimate of drug-likeness (QED) is 0.423. The molecule has 2 aliphatic carbocycles. The van der Waals surface area contributed by atoms with Crippen LogP contribution in [-0.2, 0) is 28.7 Å². The normalized spacial score (nSPS) is 47.7. The van der Waals surface area contributed by atoms with E-state index in [4.69, 9.17) is 9.47 Å². The molecule has 4 aliphatic heterocycles. The average molecular weight is 613 g/mol. The van der Waals surface area contributed by atoms with Gasteiger partial charge in [-0.15, -0.1) is 0 Å². The lowest BCUT2D eigenvalue weighted by Crippen LogP contribution is -2.49. The summed E-state index contributed by atoms with van der Waals surface area (Å²) in [5.41, 5.74) is 0.425. The lowest BCUT2D eigenvalue weighted by Gasteiger charge is -2.39. The summed E-state index contributed by atoms with van der Waals surface area (Å²) in [7, 11) is 0. The van der Waals surface area contributed by atoms with Gasteiger partial charge in [-0.2, -0.15) is 0 Å². The molecule has 12 atom stereocenters. The minimum atomic E-state index is -0.996. The van der Waals surface area contributed by atoms with Gasteiger partial charge >= 0.3 is 0 Å². The highest BCUT2D eigenvalue weighted by molar-refractivity contribution is 5.88. The Bertz CT molecular complexity index is 1130. The summed E-state index contributed by atoms with van der Waals surface area (Å²) in [5, 5.41) is 21.9. The van der Waals surface area contributed by atoms with Crippen LogP contribution >= 0.6 is 0 Å². The minimum Gasteiger partial charge on any atom is -0.387 e. The number of ether oxygens (including phenoxy) is 2. The summed E-state index contributed by atoms with van der Waals surface area (Å²) in [5.74, 6) is -0.455. The summed E-state index contributed by atoms with van der Waals surface area (Å²) in [6.07, 6.45) is 9.47. The van der Waals surface area contributed by atoms with E-state index in [-0.39, 0.29) is 70.8 Å². The highest BCUT2D eigenvalue weighted by atomic mass is 16.5. The summed E-state index contributed by atoms with van der Waals surface area (Å²) in [4.78, 5) is 49.2. The Morgan fingerprint density at radius 1 is 0.727 bits per heavy atom. The monoisotopic (exact) mass is 612 g/mol. The predicted molar refractivity (Wildman–Crippen MR) is 165 cm³/mol. The second-order valence-corrected chi connectivity index (χ2v) is 15.1. The van der Waals surface area contributed by atoms with E-state index in [9.17, 15) is 29.4 Å². The number of allylic oxidation sites excluding steroid dienone is 2. The van der Waals surface area contributed by atoms with E-state index in [1.807, 2.05) is 0 Å². The molecule has 244 valence electrons. The molecular formula is C36H52O8. The van der Waals surface area contributed by atoms with Gasteiger partial charge in [-0.3, -0.25) is 19.2 Å². The van der Waals surface area contributed by atoms with Crippen LogP contribution < -0.4 is 0 Å². The SMILES string of the molecule is CC(=O)[C@@H]1CCC(=O)[C@@H]2[C@H]1[C@@H]1O[C@H]2C/C(C)=C\CC[C@@]1(C)O.CC(=O)[C@H]1CCC(=O)[C@H]2[C@@H]1[C@H]1O[C@@H]2C/C(C)=C\CC[C@]1(C)O. The van der Waals surface area contributed by atoms with Gasteiger partial charge in [-0.1, -0.05) is 23.3 Å². The van der Waals surface area contributed by atoms with Gasteiger partial charge in [0.1, 0.15) is 23.1 Å². The Labute approximate surface area is 262 Å². The molecule has 4 heterocycles. The molecule has 2 saturated heterocycles. The first-order chi connectivity index (χ1) is 20.6. The van der Waals surface area contributed by atoms with Gasteiger partial charge in [0.25, 0.3) is 0 Å². The van der Waals surface area contributed by atoms with Crippen LogP contribution in [0.15, 0.2) is 23.3 Å². The molecule has 0 radical (unpaired) electrons. The van der Waals surface area contributed by atoms with Crippen molar-refractivity contribution in [1.29, 1.82) is 0 Å². The zero-order valence-electron chi connectivity index (χ0n) is 27.3. The molecule has 0 amide bonds. The van der Waals surface area contributed by atoms with Crippen LogP contribution in [0.25, 0.3) is 0 Å². The molecule has 0 aromatic carbocycles. The van der Waals surface area contributed by atoms with Crippen molar-refractivity contribution in [2.24, 2.45) is 35.5 Å². The van der Waals surface area contributed by atoms with Gasteiger partial charge < -0.3 is 19.7 Å². The van der Waals surface area contributed by atoms with Crippen molar-refractivity contribution in [3.05, 3.63) is 23.3 Å². The van der Waals surface area contributed by atoms with Crippen molar-refractivity contribution < 1.29 is 38.9 Å². The summed E-state index contributed by atoms with van der Waals surface area (Å²) in [6, 6.07) is 0. The first-order valence-corrected chi connectivity index (χ1v) is 16.8. The second-order valence-electron chi connectivity index (χ2n) is 15.1. The van der Waals surface area contributed by atoms with Gasteiger partial charge in [0.05, 0.1) is 47.5 Å². The molecule has 0 aromatic rings. The topological polar surface area (TPSA) is 127 Å². The van der Waals surface area contributed by atoms with Crippen molar-refractivity contribution in [1.82, 2.24) is 0 Å². The number of rotatable bonds is 2. The molecule has 4 bridgehead atoms. The fourth-order valence-corrected chi connectivity index (χ4v) is 9.41. The number of ketones is 4. The average Bonchev–Trinajstić information content (AvgIpc) is 3.51. The number of fused-ring (bicyclic) bond motifs is 10. The third-order valence-corrected chi connectivity index (χ3v) is 11.7. The third-order valence-electron chi connectivity index (χ3n) is 11.7. The molecule has 6 aliphatic rings. The smallest absolute Gasteiger partial charge is 0.139 e. The van der Waals surface area contributed by atoms with Crippen LogP contribution in [0.1, 0.15) is 106 Å². The van der Waals surface area contributed by atoms with E-state index < -0.39 is 23.4 Å². The molecule has 8 nitrogen and oxygen atoms in total. The van der Waals surface area contributed by atoms with Crippen LogP contribution in [-0.4, -0.2) is 69.0 Å². The van der Waals surface area contributed by atoms with Crippen molar-refractivity contribution in [2.75, 3.05) is 0 Å². The molecule has 6 rings (SSSR count). The molecule has 2 saturated carbocycles. The number of carbonyl (C=O) groups is 4. The molecule has 44 heavy (non-hydrogen) atoms. The van der Waals surface area contributed by atoms with Gasteiger partial charge in [-0.05, 0) is 92.9 Å². The van der Waals surface area contributed by atoms with Gasteiger partial charge in [-0.25, -0.2) is 0 Å². The van der Waals surface area contributed by atoms with Crippen molar-refractivity contribution >= 4 is 23.1 Å². The second kappa shape index (κ2) is 12.7. The molecule has 8 heteroatoms. The minimum absolute atomic E-state index is 0.122. The number of hydrogen-bond acceptors (Lipinski definition) is 8. The lowest BCUT2D eigenvalue weighted by atomic mass is 9.64. The van der Waals surface area contributed by atoms with Crippen molar-refractivity contribution in [2.45, 2.75) is 141 Å². The Morgan fingerprint density at radius 3 is 1.43 bits per heavy atom. The van der Waals surface area contributed by atoms with E-state index in [1.165, 1.54) is 11.1 Å². The van der Waals surface area contributed by atoms with E-state index in [0.29, 0.717) is 38.5 Å². The molecule has 4 fully saturated rings. The zero-order valence-corrected chi connectivity index (χ0v) is 27.3. The first-order valence-electron chi connectivity index (χ1n) is 16.8. The van der Waals surface area contributed by atoms with Crippen LogP contribution in [0.5, 0.6) is 0 Å². The molecule has 2 N–H and O–H groups in total. The van der Waals surface area contributed by atoms with Crippen molar-refractivity contribution in [3.63, 3.8) is 0 Å². The summed E-state index contributed by atoms with van der Waals surface area (Å²) in [6.45, 7) is 10.9. The van der Waals surface area contributed by atoms with Gasteiger partial charge in [0.15, 0.2) is 0 Å². The van der Waals surface area contributed by atoms with E-state index in [1.54, 1.807) is 27.7 Å². The Balaban J connectivity index is 0.000000175. The van der Waals surface area contributed by atoms with Crippen LogP contribution in [0.2, 0.25) is 0 Å².